The highest BCUT2D eigenvalue weighted by Gasteiger charge is 2.24. The molecule has 2 aromatic rings. The minimum Gasteiger partial charge on any atom is -0.325 e. The van der Waals surface area contributed by atoms with E-state index in [0.717, 1.165) is 25.7 Å². The average molecular weight is 438 g/mol. The van der Waals surface area contributed by atoms with E-state index in [1.807, 2.05) is 13.0 Å². The van der Waals surface area contributed by atoms with Gasteiger partial charge in [-0.3, -0.25) is 4.79 Å². The molecule has 5 nitrogen and oxygen atoms in total. The second-order valence-electron chi connectivity index (χ2n) is 4.83. The molecular formula is C14H14BrClN2O3S2. The Morgan fingerprint density at radius 2 is 2.04 bits per heavy atom. The van der Waals surface area contributed by atoms with E-state index in [1.165, 1.54) is 19.2 Å². The first-order valence-corrected chi connectivity index (χ1v) is 9.90. The van der Waals surface area contributed by atoms with Crippen molar-refractivity contribution in [2.24, 2.45) is 0 Å². The van der Waals surface area contributed by atoms with Crippen molar-refractivity contribution in [2.75, 3.05) is 18.9 Å². The van der Waals surface area contributed by atoms with Gasteiger partial charge in [0.05, 0.1) is 10.9 Å². The van der Waals surface area contributed by atoms with Gasteiger partial charge in [0.1, 0.15) is 4.21 Å². The van der Waals surface area contributed by atoms with Gasteiger partial charge in [-0.2, -0.15) is 4.31 Å². The van der Waals surface area contributed by atoms with Gasteiger partial charge in [-0.15, -0.1) is 11.3 Å². The lowest BCUT2D eigenvalue weighted by Gasteiger charge is -2.16. The third-order valence-corrected chi connectivity index (χ3v) is 7.41. The Hall–Kier alpha value is -0.930. The highest BCUT2D eigenvalue weighted by atomic mass is 79.9. The summed E-state index contributed by atoms with van der Waals surface area (Å²) in [4.78, 5) is 12.1. The number of sulfonamides is 1. The lowest BCUT2D eigenvalue weighted by Crippen LogP contribution is -2.34. The molecule has 0 saturated heterocycles. The number of rotatable bonds is 5. The van der Waals surface area contributed by atoms with Crippen molar-refractivity contribution in [1.82, 2.24) is 4.31 Å². The number of halogens is 2. The number of nitrogens with one attached hydrogen (secondary N) is 1. The van der Waals surface area contributed by atoms with Crippen LogP contribution in [0, 0.1) is 6.92 Å². The van der Waals surface area contributed by atoms with Crippen LogP contribution in [0.2, 0.25) is 4.34 Å². The zero-order chi connectivity index (χ0) is 17.2. The fourth-order valence-electron chi connectivity index (χ4n) is 1.80. The summed E-state index contributed by atoms with van der Waals surface area (Å²) in [5, 5.41) is 2.68. The predicted molar refractivity (Wildman–Crippen MR) is 96.7 cm³/mol. The smallest absolute Gasteiger partial charge is 0.252 e. The van der Waals surface area contributed by atoms with Gasteiger partial charge >= 0.3 is 0 Å². The standard InChI is InChI=1S/C14H14BrClN2O3S2/c1-9-7-10(3-4-11(9)15)17-13(19)8-18(2)23(20,21)14-6-5-12(16)22-14/h3-7H,8H2,1-2H3,(H,17,19). The maximum Gasteiger partial charge on any atom is 0.252 e. The fourth-order valence-corrected chi connectivity index (χ4v) is 4.87. The van der Waals surface area contributed by atoms with Crippen LogP contribution in [0.4, 0.5) is 5.69 Å². The SMILES string of the molecule is Cc1cc(NC(=O)CN(C)S(=O)(=O)c2ccc(Cl)s2)ccc1Br. The number of likely N-dealkylation sites (N-methyl/N-ethyl adjacent to an activating group) is 1. The first kappa shape index (κ1) is 18.4. The van der Waals surface area contributed by atoms with E-state index in [4.69, 9.17) is 11.6 Å². The molecule has 1 heterocycles. The van der Waals surface area contributed by atoms with Crippen LogP contribution in [0.3, 0.4) is 0 Å². The van der Waals surface area contributed by atoms with Gasteiger partial charge in [0, 0.05) is 17.2 Å². The van der Waals surface area contributed by atoms with Gasteiger partial charge in [-0.25, -0.2) is 8.42 Å². The molecule has 0 aliphatic heterocycles. The van der Waals surface area contributed by atoms with Crippen LogP contribution in [0.1, 0.15) is 5.56 Å². The normalized spacial score (nSPS) is 11.7. The third-order valence-electron chi connectivity index (χ3n) is 3.02. The van der Waals surface area contributed by atoms with Crippen molar-refractivity contribution in [3.63, 3.8) is 0 Å². The van der Waals surface area contributed by atoms with Gasteiger partial charge in [0.25, 0.3) is 10.0 Å². The van der Waals surface area contributed by atoms with Crippen LogP contribution < -0.4 is 5.32 Å². The monoisotopic (exact) mass is 436 g/mol. The third kappa shape index (κ3) is 4.54. The summed E-state index contributed by atoms with van der Waals surface area (Å²) in [6.07, 6.45) is 0. The molecule has 1 aromatic carbocycles. The predicted octanol–water partition coefficient (Wildman–Crippen LogP) is 3.73. The van der Waals surface area contributed by atoms with Crippen LogP contribution in [0.15, 0.2) is 39.0 Å². The molecule has 0 radical (unpaired) electrons. The minimum absolute atomic E-state index is 0.109. The van der Waals surface area contributed by atoms with Crippen molar-refractivity contribution in [3.8, 4) is 0 Å². The molecule has 0 fully saturated rings. The Morgan fingerprint density at radius 3 is 2.61 bits per heavy atom. The number of thiophene rings is 1. The van der Waals surface area contributed by atoms with Gasteiger partial charge in [-0.1, -0.05) is 27.5 Å². The average Bonchev–Trinajstić information content (AvgIpc) is 2.90. The molecule has 23 heavy (non-hydrogen) atoms. The lowest BCUT2D eigenvalue weighted by molar-refractivity contribution is -0.116. The largest absolute Gasteiger partial charge is 0.325 e. The number of hydrogen-bond acceptors (Lipinski definition) is 4. The molecule has 0 spiro atoms. The van der Waals surface area contributed by atoms with Crippen LogP contribution in [-0.2, 0) is 14.8 Å². The molecule has 124 valence electrons. The number of aryl methyl sites for hydroxylation is 1. The summed E-state index contributed by atoms with van der Waals surface area (Å²) in [6.45, 7) is 1.61. The van der Waals surface area contributed by atoms with Crippen molar-refractivity contribution >= 4 is 60.5 Å². The number of anilines is 1. The molecule has 0 bridgehead atoms. The molecule has 0 aliphatic rings. The van der Waals surface area contributed by atoms with Crippen LogP contribution >= 0.6 is 38.9 Å². The summed E-state index contributed by atoms with van der Waals surface area (Å²) >= 11 is 10.1. The number of carbonyl (C=O) groups is 1. The molecular weight excluding hydrogens is 424 g/mol. The highest BCUT2D eigenvalue weighted by Crippen LogP contribution is 2.27. The molecule has 0 atom stereocenters. The highest BCUT2D eigenvalue weighted by molar-refractivity contribution is 9.10. The molecule has 0 saturated carbocycles. The van der Waals surface area contributed by atoms with Crippen LogP contribution in [-0.4, -0.2) is 32.2 Å². The Morgan fingerprint density at radius 1 is 1.35 bits per heavy atom. The van der Waals surface area contributed by atoms with Crippen LogP contribution in [0.5, 0.6) is 0 Å². The maximum absolute atomic E-state index is 12.3. The van der Waals surface area contributed by atoms with E-state index in [2.05, 4.69) is 21.2 Å². The minimum atomic E-state index is -3.72. The Kier molecular flexibility index (Phi) is 5.85. The topological polar surface area (TPSA) is 66.5 Å². The van der Waals surface area contributed by atoms with Gasteiger partial charge in [-0.05, 0) is 42.8 Å². The zero-order valence-electron chi connectivity index (χ0n) is 12.3. The number of benzene rings is 1. The molecule has 0 aliphatic carbocycles. The molecule has 1 aromatic heterocycles. The van der Waals surface area contributed by atoms with Crippen molar-refractivity contribution in [2.45, 2.75) is 11.1 Å². The number of carbonyl (C=O) groups excluding carboxylic acids is 1. The Labute approximate surface area is 152 Å². The van der Waals surface area contributed by atoms with E-state index in [0.29, 0.717) is 10.0 Å². The van der Waals surface area contributed by atoms with E-state index in [1.54, 1.807) is 12.1 Å². The van der Waals surface area contributed by atoms with E-state index >= 15 is 0 Å². The number of hydrogen-bond donors (Lipinski definition) is 1. The second-order valence-corrected chi connectivity index (χ2v) is 9.67. The number of amides is 1. The zero-order valence-corrected chi connectivity index (χ0v) is 16.3. The van der Waals surface area contributed by atoms with E-state index < -0.39 is 15.9 Å². The van der Waals surface area contributed by atoms with Gasteiger partial charge < -0.3 is 5.32 Å². The summed E-state index contributed by atoms with van der Waals surface area (Å²) < 4.78 is 27.1. The van der Waals surface area contributed by atoms with E-state index in [9.17, 15) is 13.2 Å². The van der Waals surface area contributed by atoms with Crippen LogP contribution in [0.25, 0.3) is 0 Å². The van der Waals surface area contributed by atoms with E-state index in [-0.39, 0.29) is 10.8 Å². The molecule has 9 heteroatoms. The molecule has 0 unspecified atom stereocenters. The second kappa shape index (κ2) is 7.31. The van der Waals surface area contributed by atoms with Crippen molar-refractivity contribution in [1.29, 1.82) is 0 Å². The van der Waals surface area contributed by atoms with Crippen molar-refractivity contribution in [3.05, 3.63) is 44.7 Å². The van der Waals surface area contributed by atoms with Gasteiger partial charge in [0.2, 0.25) is 5.91 Å². The first-order valence-electron chi connectivity index (χ1n) is 6.48. The lowest BCUT2D eigenvalue weighted by atomic mass is 10.2. The van der Waals surface area contributed by atoms with Crippen molar-refractivity contribution < 1.29 is 13.2 Å². The Balaban J connectivity index is 2.06. The molecule has 1 amide bonds. The molecule has 1 N–H and O–H groups in total. The summed E-state index contributed by atoms with van der Waals surface area (Å²) in [5.74, 6) is -0.416. The fraction of sp³-hybridized carbons (Fsp3) is 0.214. The number of nitrogens with zero attached hydrogens (tertiary/aromatic N) is 1. The van der Waals surface area contributed by atoms with Gasteiger partial charge in [0.15, 0.2) is 0 Å². The molecule has 2 rings (SSSR count). The summed E-state index contributed by atoms with van der Waals surface area (Å²) in [7, 11) is -2.36. The quantitative estimate of drug-likeness (QED) is 0.775. The Bertz CT molecular complexity index is 836. The summed E-state index contributed by atoms with van der Waals surface area (Å²) in [6, 6.07) is 8.30. The first-order chi connectivity index (χ1) is 10.7. The maximum atomic E-state index is 12.3. The summed E-state index contributed by atoms with van der Waals surface area (Å²) in [5.41, 5.74) is 1.58.